The number of ether oxygens (including phenoxy) is 2. The Labute approximate surface area is 152 Å². The molecule has 4 rings (SSSR count). The molecule has 1 aromatic carbocycles. The molecule has 0 saturated carbocycles. The Morgan fingerprint density at radius 1 is 1.31 bits per heavy atom. The first-order valence-electron chi connectivity index (χ1n) is 9.06. The van der Waals surface area contributed by atoms with Gasteiger partial charge in [0.2, 0.25) is 0 Å². The lowest BCUT2D eigenvalue weighted by Crippen LogP contribution is -2.46. The number of aromatic hydroxyl groups is 1. The number of fused-ring (bicyclic) bond motifs is 1. The van der Waals surface area contributed by atoms with Crippen molar-refractivity contribution >= 4 is 0 Å². The van der Waals surface area contributed by atoms with E-state index in [9.17, 15) is 5.11 Å². The third-order valence-electron chi connectivity index (χ3n) is 5.41. The van der Waals surface area contributed by atoms with Gasteiger partial charge in [-0.3, -0.25) is 4.90 Å². The van der Waals surface area contributed by atoms with Gasteiger partial charge in [-0.2, -0.15) is 0 Å². The molecule has 2 aliphatic rings. The molecule has 0 spiro atoms. The molecule has 0 aliphatic carbocycles. The highest BCUT2D eigenvalue weighted by atomic mass is 16.5. The second-order valence-electron chi connectivity index (χ2n) is 7.01. The summed E-state index contributed by atoms with van der Waals surface area (Å²) in [5.74, 6) is 1.69. The number of morpholine rings is 1. The maximum absolute atomic E-state index is 9.90. The lowest BCUT2D eigenvalue weighted by Gasteiger charge is -2.34. The molecule has 0 amide bonds. The number of imidazole rings is 1. The molecule has 26 heavy (non-hydrogen) atoms. The highest BCUT2D eigenvalue weighted by Crippen LogP contribution is 2.37. The zero-order valence-electron chi connectivity index (χ0n) is 14.9. The van der Waals surface area contributed by atoms with Crippen molar-refractivity contribution < 1.29 is 19.7 Å². The van der Waals surface area contributed by atoms with Gasteiger partial charge in [-0.05, 0) is 31.0 Å². The van der Waals surface area contributed by atoms with Crippen LogP contribution in [-0.2, 0) is 4.74 Å². The van der Waals surface area contributed by atoms with E-state index in [4.69, 9.17) is 14.6 Å². The van der Waals surface area contributed by atoms with E-state index >= 15 is 0 Å². The number of aliphatic hydroxyl groups excluding tert-OH is 1. The first kappa shape index (κ1) is 17.3. The van der Waals surface area contributed by atoms with Crippen molar-refractivity contribution in [2.75, 3.05) is 33.4 Å². The highest BCUT2D eigenvalue weighted by molar-refractivity contribution is 5.66. The molecule has 3 atom stereocenters. The van der Waals surface area contributed by atoms with Gasteiger partial charge in [-0.1, -0.05) is 0 Å². The average molecular weight is 359 g/mol. The number of aliphatic hydroxyl groups is 1. The molecule has 0 bridgehead atoms. The van der Waals surface area contributed by atoms with Crippen LogP contribution in [0.4, 0.5) is 0 Å². The second kappa shape index (κ2) is 7.26. The fourth-order valence-corrected chi connectivity index (χ4v) is 4.12. The quantitative estimate of drug-likeness (QED) is 0.845. The first-order valence-corrected chi connectivity index (χ1v) is 9.06. The van der Waals surface area contributed by atoms with Crippen LogP contribution in [0, 0.1) is 0 Å². The first-order chi connectivity index (χ1) is 12.7. The van der Waals surface area contributed by atoms with E-state index in [0.717, 1.165) is 30.9 Å². The summed E-state index contributed by atoms with van der Waals surface area (Å²) in [6.07, 6.45) is 5.58. The van der Waals surface area contributed by atoms with Gasteiger partial charge in [0.05, 0.1) is 25.4 Å². The second-order valence-corrected chi connectivity index (χ2v) is 7.01. The molecule has 2 fully saturated rings. The summed E-state index contributed by atoms with van der Waals surface area (Å²) < 4.78 is 13.5. The van der Waals surface area contributed by atoms with Crippen LogP contribution in [0.1, 0.15) is 18.9 Å². The van der Waals surface area contributed by atoms with Crippen molar-refractivity contribution in [2.24, 2.45) is 0 Å². The Balaban J connectivity index is 1.58. The highest BCUT2D eigenvalue weighted by Gasteiger charge is 2.38. The van der Waals surface area contributed by atoms with Gasteiger partial charge in [-0.25, -0.2) is 4.98 Å². The smallest absolute Gasteiger partial charge is 0.144 e. The number of hydrogen-bond donors (Lipinski definition) is 2. The van der Waals surface area contributed by atoms with Crippen molar-refractivity contribution in [3.05, 3.63) is 30.6 Å². The summed E-state index contributed by atoms with van der Waals surface area (Å²) in [5.41, 5.74) is 0.789. The predicted octanol–water partition coefficient (Wildman–Crippen LogP) is 1.66. The number of nitrogens with zero attached hydrogens (tertiary/aromatic N) is 3. The number of hydrogen-bond acceptors (Lipinski definition) is 6. The Morgan fingerprint density at radius 2 is 2.19 bits per heavy atom. The number of phenolic OH excluding ortho intramolecular Hbond substituents is 1. The molecule has 7 nitrogen and oxygen atoms in total. The van der Waals surface area contributed by atoms with E-state index in [-0.39, 0.29) is 18.5 Å². The maximum Gasteiger partial charge on any atom is 0.144 e. The van der Waals surface area contributed by atoms with Crippen LogP contribution in [0.25, 0.3) is 11.4 Å². The molecule has 3 heterocycles. The van der Waals surface area contributed by atoms with E-state index in [1.807, 2.05) is 6.20 Å². The molecular weight excluding hydrogens is 334 g/mol. The number of rotatable bonds is 5. The monoisotopic (exact) mass is 359 g/mol. The number of methoxy groups -OCH3 is 1. The predicted molar refractivity (Wildman–Crippen MR) is 96.3 cm³/mol. The molecular formula is C19H25N3O4. The summed E-state index contributed by atoms with van der Waals surface area (Å²) >= 11 is 0. The third-order valence-corrected chi connectivity index (χ3v) is 5.41. The largest absolute Gasteiger partial charge is 0.508 e. The van der Waals surface area contributed by atoms with Crippen LogP contribution < -0.4 is 4.74 Å². The normalized spacial score (nSPS) is 26.0. The molecule has 2 aliphatic heterocycles. The molecule has 0 radical (unpaired) electrons. The van der Waals surface area contributed by atoms with Crippen LogP contribution >= 0.6 is 0 Å². The van der Waals surface area contributed by atoms with E-state index in [1.165, 1.54) is 0 Å². The van der Waals surface area contributed by atoms with Crippen molar-refractivity contribution in [3.63, 3.8) is 0 Å². The SMILES string of the molecule is COc1ccc(O)cc1-c1nccn1[C@H]1C[C@H]2CO[C@@H](CCO)CN2C1. The summed E-state index contributed by atoms with van der Waals surface area (Å²) in [6, 6.07) is 5.76. The topological polar surface area (TPSA) is 80.0 Å². The summed E-state index contributed by atoms with van der Waals surface area (Å²) in [4.78, 5) is 6.99. The molecule has 7 heteroatoms. The van der Waals surface area contributed by atoms with Crippen molar-refractivity contribution in [1.82, 2.24) is 14.5 Å². The van der Waals surface area contributed by atoms with E-state index in [2.05, 4.69) is 14.5 Å². The van der Waals surface area contributed by atoms with Crippen LogP contribution in [-0.4, -0.2) is 70.2 Å². The molecule has 2 N–H and O–H groups in total. The maximum atomic E-state index is 9.90. The standard InChI is InChI=1S/C19H25N3O4/c1-25-18-3-2-15(24)9-17(18)19-20-5-6-22(19)13-8-14-12-26-16(4-7-23)11-21(14)10-13/h2-3,5-6,9,13-14,16,23-24H,4,7-8,10-12H2,1H3/t13-,14-,16-/m0/s1. The van der Waals surface area contributed by atoms with Crippen molar-refractivity contribution in [2.45, 2.75) is 31.0 Å². The lowest BCUT2D eigenvalue weighted by molar-refractivity contribution is -0.0567. The Bertz CT molecular complexity index is 763. The van der Waals surface area contributed by atoms with Gasteiger partial charge in [-0.15, -0.1) is 0 Å². The zero-order valence-corrected chi connectivity index (χ0v) is 14.9. The van der Waals surface area contributed by atoms with Gasteiger partial charge < -0.3 is 24.3 Å². The van der Waals surface area contributed by atoms with Gasteiger partial charge in [0.1, 0.15) is 17.3 Å². The zero-order chi connectivity index (χ0) is 18.1. The van der Waals surface area contributed by atoms with E-state index in [1.54, 1.807) is 31.5 Å². The minimum absolute atomic E-state index is 0.114. The lowest BCUT2D eigenvalue weighted by atomic mass is 10.1. The number of aromatic nitrogens is 2. The average Bonchev–Trinajstić information content (AvgIpc) is 3.28. The van der Waals surface area contributed by atoms with Crippen molar-refractivity contribution in [1.29, 1.82) is 0 Å². The molecule has 0 unspecified atom stereocenters. The molecule has 2 aromatic rings. The Kier molecular flexibility index (Phi) is 4.84. The van der Waals surface area contributed by atoms with Crippen LogP contribution in [0.5, 0.6) is 11.5 Å². The van der Waals surface area contributed by atoms with Crippen LogP contribution in [0.2, 0.25) is 0 Å². The van der Waals surface area contributed by atoms with Crippen LogP contribution in [0.3, 0.4) is 0 Å². The number of phenols is 1. The van der Waals surface area contributed by atoms with Gasteiger partial charge >= 0.3 is 0 Å². The van der Waals surface area contributed by atoms with Gasteiger partial charge in [0.15, 0.2) is 0 Å². The Morgan fingerprint density at radius 3 is 3.00 bits per heavy atom. The van der Waals surface area contributed by atoms with Crippen molar-refractivity contribution in [3.8, 4) is 22.9 Å². The fourth-order valence-electron chi connectivity index (χ4n) is 4.12. The molecule has 2 saturated heterocycles. The van der Waals surface area contributed by atoms with Crippen LogP contribution in [0.15, 0.2) is 30.6 Å². The minimum atomic E-state index is 0.114. The fraction of sp³-hybridized carbons (Fsp3) is 0.526. The summed E-state index contributed by atoms with van der Waals surface area (Å²) in [7, 11) is 1.62. The molecule has 1 aromatic heterocycles. The number of benzene rings is 1. The van der Waals surface area contributed by atoms with Gasteiger partial charge in [0, 0.05) is 44.2 Å². The van der Waals surface area contributed by atoms with E-state index in [0.29, 0.717) is 30.9 Å². The summed E-state index contributed by atoms with van der Waals surface area (Å²) in [6.45, 7) is 2.66. The van der Waals surface area contributed by atoms with E-state index < -0.39 is 0 Å². The molecule has 140 valence electrons. The van der Waals surface area contributed by atoms with Gasteiger partial charge in [0.25, 0.3) is 0 Å². The summed E-state index contributed by atoms with van der Waals surface area (Å²) in [5, 5.41) is 19.1. The third kappa shape index (κ3) is 3.18. The minimum Gasteiger partial charge on any atom is -0.508 e. The Hall–Kier alpha value is -2.09.